The van der Waals surface area contributed by atoms with E-state index in [4.69, 9.17) is 9.84 Å². The maximum Gasteiger partial charge on any atom is 0.473 e. The number of halogens is 3. The highest BCUT2D eigenvalue weighted by Crippen LogP contribution is 2.42. The van der Waals surface area contributed by atoms with E-state index in [1.807, 2.05) is 26.8 Å². The number of ketones is 1. The van der Waals surface area contributed by atoms with E-state index < -0.39 is 23.5 Å². The Bertz CT molecular complexity index is 1500. The second-order valence-electron chi connectivity index (χ2n) is 13.1. The number of rotatable bonds is 11. The molecular weight excluding hydrogens is 589 g/mol. The van der Waals surface area contributed by atoms with E-state index in [0.29, 0.717) is 36.3 Å². The van der Waals surface area contributed by atoms with Crippen LogP contribution in [0.4, 0.5) is 18.9 Å². The number of anilines is 1. The summed E-state index contributed by atoms with van der Waals surface area (Å²) < 4.78 is 46.2. The lowest BCUT2D eigenvalue weighted by atomic mass is 9.84. The predicted octanol–water partition coefficient (Wildman–Crippen LogP) is 6.02. The van der Waals surface area contributed by atoms with E-state index in [0.717, 1.165) is 55.7 Å². The van der Waals surface area contributed by atoms with Crippen LogP contribution in [0.3, 0.4) is 0 Å². The first-order valence-electron chi connectivity index (χ1n) is 15.5. The molecule has 9 nitrogen and oxygen atoms in total. The van der Waals surface area contributed by atoms with Gasteiger partial charge in [-0.05, 0) is 62.1 Å². The zero-order chi connectivity index (χ0) is 32.5. The molecule has 1 saturated carbocycles. The number of aliphatic carboxylic acids is 1. The molecule has 1 aromatic heterocycles. The average Bonchev–Trinajstić information content (AvgIpc) is 3.56. The number of aliphatic imine (C=N–C) groups is 1. The summed E-state index contributed by atoms with van der Waals surface area (Å²) in [5.41, 5.74) is 3.09. The molecule has 242 valence electrons. The number of carboxylic acid groups (broad SMARTS) is 1. The number of ether oxygens (including phenoxy) is 1. The lowest BCUT2D eigenvalue weighted by molar-refractivity contribution is -0.169. The van der Waals surface area contributed by atoms with Crippen LogP contribution < -0.4 is 9.64 Å². The van der Waals surface area contributed by atoms with Crippen molar-refractivity contribution in [3.63, 3.8) is 0 Å². The Labute approximate surface area is 260 Å². The number of amides is 1. The van der Waals surface area contributed by atoms with Crippen LogP contribution in [0, 0.1) is 0 Å². The summed E-state index contributed by atoms with van der Waals surface area (Å²) >= 11 is 0. The molecule has 1 saturated heterocycles. The fourth-order valence-corrected chi connectivity index (χ4v) is 5.77. The minimum atomic E-state index is -5.16. The van der Waals surface area contributed by atoms with Crippen LogP contribution in [0.2, 0.25) is 0 Å². The molecule has 1 aromatic carbocycles. The van der Waals surface area contributed by atoms with Crippen molar-refractivity contribution in [2.45, 2.75) is 89.8 Å². The van der Waals surface area contributed by atoms with E-state index >= 15 is 0 Å². The van der Waals surface area contributed by atoms with Crippen LogP contribution in [0.25, 0.3) is 0 Å². The number of carboxylic acids is 1. The molecule has 0 radical (unpaired) electrons. The fourth-order valence-electron chi connectivity index (χ4n) is 5.77. The van der Waals surface area contributed by atoms with Crippen LogP contribution in [0.5, 0.6) is 5.75 Å². The molecule has 0 unspecified atom stereocenters. The van der Waals surface area contributed by atoms with Crippen LogP contribution >= 0.6 is 0 Å². The van der Waals surface area contributed by atoms with E-state index in [9.17, 15) is 27.6 Å². The number of alkyl halides is 3. The Morgan fingerprint density at radius 1 is 1.07 bits per heavy atom. The number of pyridine rings is 1. The predicted molar refractivity (Wildman–Crippen MR) is 162 cm³/mol. The molecule has 0 atom stereocenters. The third kappa shape index (κ3) is 7.65. The highest BCUT2D eigenvalue weighted by molar-refractivity contribution is 6.10. The van der Waals surface area contributed by atoms with Crippen LogP contribution in [0.15, 0.2) is 29.3 Å². The van der Waals surface area contributed by atoms with Gasteiger partial charge >= 0.3 is 18.1 Å². The highest BCUT2D eigenvalue weighted by atomic mass is 19.4. The molecular formula is C33H39F3N4O5. The molecule has 3 heterocycles. The van der Waals surface area contributed by atoms with Gasteiger partial charge in [-0.1, -0.05) is 26.8 Å². The zero-order valence-corrected chi connectivity index (χ0v) is 25.9. The number of hydrogen-bond donors (Lipinski definition) is 1. The van der Waals surface area contributed by atoms with Gasteiger partial charge in [0.1, 0.15) is 11.4 Å². The number of amidine groups is 1. The quantitative estimate of drug-likeness (QED) is 0.237. The number of fused-ring (bicyclic) bond motifs is 1. The number of nitrogens with zero attached hydrogens (tertiary/aromatic N) is 4. The lowest BCUT2D eigenvalue weighted by Gasteiger charge is -2.30. The van der Waals surface area contributed by atoms with Gasteiger partial charge in [0.25, 0.3) is 0 Å². The van der Waals surface area contributed by atoms with Gasteiger partial charge < -0.3 is 19.6 Å². The average molecular weight is 629 g/mol. The topological polar surface area (TPSA) is 112 Å². The van der Waals surface area contributed by atoms with Gasteiger partial charge in [-0.3, -0.25) is 14.4 Å². The standard InChI is InChI=1S/C33H39F3N4O5/c1-32(2,3)23-16-22(17-25(39-13-5-6-14-39)29(23)45-15-7-4-8-27(42)43)26(41)19-40-18-21-11-12-24(20-9-10-20)37-28(21)30(40)38-31(44)33(34,35)36/h11-12,16-17,20H,4-10,13-15,18-19H2,1-3H3,(H,42,43)/b38-30-. The third-order valence-electron chi connectivity index (χ3n) is 8.33. The first kappa shape index (κ1) is 32.4. The largest absolute Gasteiger partial charge is 0.491 e. The molecule has 1 aliphatic carbocycles. The van der Waals surface area contributed by atoms with Crippen LogP contribution in [0.1, 0.15) is 105 Å². The second-order valence-corrected chi connectivity index (χ2v) is 13.1. The van der Waals surface area contributed by atoms with Gasteiger partial charge in [-0.25, -0.2) is 4.98 Å². The molecule has 3 aliphatic rings. The van der Waals surface area contributed by atoms with Gasteiger partial charge in [-0.2, -0.15) is 18.2 Å². The Hall–Kier alpha value is -3.96. The number of unbranched alkanes of at least 4 members (excludes halogenated alkanes) is 1. The fraction of sp³-hybridized carbons (Fsp3) is 0.545. The molecule has 2 fully saturated rings. The van der Waals surface area contributed by atoms with Gasteiger partial charge in [-0.15, -0.1) is 0 Å². The second kappa shape index (κ2) is 12.8. The molecule has 1 amide bonds. The summed E-state index contributed by atoms with van der Waals surface area (Å²) in [6.07, 6.45) is -0.216. The smallest absolute Gasteiger partial charge is 0.473 e. The minimum absolute atomic E-state index is 0.0551. The summed E-state index contributed by atoms with van der Waals surface area (Å²) in [7, 11) is 0. The highest BCUT2D eigenvalue weighted by Gasteiger charge is 2.41. The molecule has 2 aliphatic heterocycles. The summed E-state index contributed by atoms with van der Waals surface area (Å²) in [6, 6.07) is 7.20. The van der Waals surface area contributed by atoms with Crippen molar-refractivity contribution in [3.8, 4) is 5.75 Å². The Balaban J connectivity index is 1.47. The number of benzene rings is 1. The van der Waals surface area contributed by atoms with E-state index in [1.54, 1.807) is 18.2 Å². The summed E-state index contributed by atoms with van der Waals surface area (Å²) in [5.74, 6) is -2.78. The van der Waals surface area contributed by atoms with Crippen molar-refractivity contribution in [2.75, 3.05) is 31.1 Å². The van der Waals surface area contributed by atoms with E-state index in [-0.39, 0.29) is 42.7 Å². The van der Waals surface area contributed by atoms with Gasteiger partial charge in [0.15, 0.2) is 11.6 Å². The molecule has 2 aromatic rings. The minimum Gasteiger partial charge on any atom is -0.491 e. The Kier molecular flexibility index (Phi) is 9.23. The van der Waals surface area contributed by atoms with Gasteiger partial charge in [0, 0.05) is 54.4 Å². The number of carbonyl (C=O) groups is 3. The van der Waals surface area contributed by atoms with E-state index in [2.05, 4.69) is 14.9 Å². The van der Waals surface area contributed by atoms with Crippen molar-refractivity contribution in [3.05, 3.63) is 52.3 Å². The molecule has 12 heteroatoms. The first-order chi connectivity index (χ1) is 21.2. The molecule has 45 heavy (non-hydrogen) atoms. The number of aromatic nitrogens is 1. The maximum absolute atomic E-state index is 13.9. The SMILES string of the molecule is CC(C)(C)c1cc(C(=O)CN2Cc3ccc(C4CC4)nc3/C2=N/C(=O)C(F)(F)F)cc(N2CCCC2)c1OCCCCC(=O)O. The Morgan fingerprint density at radius 2 is 1.78 bits per heavy atom. The van der Waals surface area contributed by atoms with Crippen molar-refractivity contribution >= 4 is 29.2 Å². The lowest BCUT2D eigenvalue weighted by Crippen LogP contribution is -2.33. The van der Waals surface area contributed by atoms with Crippen LogP contribution in [-0.2, 0) is 21.5 Å². The number of hydrogen-bond acceptors (Lipinski definition) is 6. The Morgan fingerprint density at radius 3 is 2.40 bits per heavy atom. The number of carbonyl (C=O) groups excluding carboxylic acids is 2. The van der Waals surface area contributed by atoms with Gasteiger partial charge in [0.2, 0.25) is 0 Å². The molecule has 0 bridgehead atoms. The normalized spacial score (nSPS) is 17.6. The zero-order valence-electron chi connectivity index (χ0n) is 25.9. The monoisotopic (exact) mass is 628 g/mol. The third-order valence-corrected chi connectivity index (χ3v) is 8.33. The number of Topliss-reactive ketones (excluding diaryl/α,β-unsaturated/α-hetero) is 1. The van der Waals surface area contributed by atoms with Crippen molar-refractivity contribution < 1.29 is 37.4 Å². The van der Waals surface area contributed by atoms with Crippen molar-refractivity contribution in [2.24, 2.45) is 4.99 Å². The van der Waals surface area contributed by atoms with E-state index in [1.165, 1.54) is 4.90 Å². The molecule has 0 spiro atoms. The maximum atomic E-state index is 13.9. The van der Waals surface area contributed by atoms with Crippen molar-refractivity contribution in [1.29, 1.82) is 0 Å². The molecule has 5 rings (SSSR count). The summed E-state index contributed by atoms with van der Waals surface area (Å²) in [6.45, 7) is 7.72. The van der Waals surface area contributed by atoms with Gasteiger partial charge in [0.05, 0.1) is 18.8 Å². The van der Waals surface area contributed by atoms with Crippen LogP contribution in [-0.4, -0.2) is 70.9 Å². The first-order valence-corrected chi connectivity index (χ1v) is 15.5. The molecule has 1 N–H and O–H groups in total. The summed E-state index contributed by atoms with van der Waals surface area (Å²) in [5, 5.41) is 8.97. The van der Waals surface area contributed by atoms with Crippen molar-refractivity contribution in [1.82, 2.24) is 9.88 Å². The summed E-state index contributed by atoms with van der Waals surface area (Å²) in [4.78, 5) is 48.5.